The van der Waals surface area contributed by atoms with E-state index < -0.39 is 0 Å². The molecule has 1 saturated heterocycles. The second-order valence-electron chi connectivity index (χ2n) is 5.62. The third-order valence-corrected chi connectivity index (χ3v) is 5.04. The molecule has 2 unspecified atom stereocenters. The Morgan fingerprint density at radius 1 is 1.29 bits per heavy atom. The molecule has 1 aliphatic heterocycles. The van der Waals surface area contributed by atoms with E-state index >= 15 is 0 Å². The van der Waals surface area contributed by atoms with Gasteiger partial charge in [0.1, 0.15) is 11.2 Å². The molecular weight excluding hydrogens is 286 g/mol. The van der Waals surface area contributed by atoms with E-state index in [2.05, 4.69) is 16.0 Å². The molecule has 3 rings (SSSR count). The quantitative estimate of drug-likeness (QED) is 0.683. The monoisotopic (exact) mass is 307 g/mol. The van der Waals surface area contributed by atoms with Gasteiger partial charge in [0.05, 0.1) is 5.75 Å². The van der Waals surface area contributed by atoms with Gasteiger partial charge >= 0.3 is 0 Å². The third-order valence-electron chi connectivity index (χ3n) is 4.01. The number of aromatic hydroxyl groups is 1. The van der Waals surface area contributed by atoms with Crippen LogP contribution in [0.3, 0.4) is 0 Å². The van der Waals surface area contributed by atoms with Crippen LogP contribution in [0.2, 0.25) is 0 Å². The zero-order valence-corrected chi connectivity index (χ0v) is 12.7. The second-order valence-corrected chi connectivity index (χ2v) is 6.71. The van der Waals surface area contributed by atoms with Crippen molar-refractivity contribution in [1.82, 2.24) is 10.6 Å². The first kappa shape index (κ1) is 14.7. The van der Waals surface area contributed by atoms with Gasteiger partial charge in [0, 0.05) is 23.8 Å². The molecule has 2 atom stereocenters. The standard InChI is InChI=1S/C15H21N3O2S/c19-11-5-3-4-10(8-11)16-14(20)9-21-15-17-12-6-1-2-7-13(12)18-15/h3-5,8,12-13,15,17-19H,1-2,6-7,9H2,(H,16,20). The molecule has 1 heterocycles. The lowest BCUT2D eigenvalue weighted by Crippen LogP contribution is -2.36. The molecule has 0 spiro atoms. The summed E-state index contributed by atoms with van der Waals surface area (Å²) in [5, 5.41) is 19.3. The van der Waals surface area contributed by atoms with E-state index in [0.29, 0.717) is 23.5 Å². The van der Waals surface area contributed by atoms with Crippen LogP contribution < -0.4 is 16.0 Å². The van der Waals surface area contributed by atoms with Gasteiger partial charge in [-0.15, -0.1) is 11.8 Å². The number of phenolic OH excluding ortho intramolecular Hbond substituents is 1. The number of carbonyl (C=O) groups excluding carboxylic acids is 1. The first-order chi connectivity index (χ1) is 10.2. The van der Waals surface area contributed by atoms with Crippen LogP contribution in [0, 0.1) is 0 Å². The van der Waals surface area contributed by atoms with Crippen molar-refractivity contribution >= 4 is 23.4 Å². The molecule has 5 nitrogen and oxygen atoms in total. The number of carbonyl (C=O) groups is 1. The van der Waals surface area contributed by atoms with Gasteiger partial charge in [0.2, 0.25) is 5.91 Å². The molecule has 1 aromatic carbocycles. The van der Waals surface area contributed by atoms with E-state index in [0.717, 1.165) is 0 Å². The maximum atomic E-state index is 11.9. The lowest BCUT2D eigenvalue weighted by molar-refractivity contribution is -0.113. The molecule has 1 amide bonds. The summed E-state index contributed by atoms with van der Waals surface area (Å²) in [6.07, 6.45) is 5.05. The third kappa shape index (κ3) is 3.90. The van der Waals surface area contributed by atoms with Gasteiger partial charge in [-0.25, -0.2) is 0 Å². The number of hydrogen-bond acceptors (Lipinski definition) is 5. The normalized spacial score (nSPS) is 28.1. The number of thioether (sulfide) groups is 1. The largest absolute Gasteiger partial charge is 0.508 e. The molecule has 0 aromatic heterocycles. The number of fused-ring (bicyclic) bond motifs is 1. The molecular formula is C15H21N3O2S. The molecule has 2 aliphatic rings. The molecule has 0 bridgehead atoms. The Labute approximate surface area is 128 Å². The highest BCUT2D eigenvalue weighted by Crippen LogP contribution is 2.26. The van der Waals surface area contributed by atoms with Crippen molar-refractivity contribution in [2.24, 2.45) is 0 Å². The predicted molar refractivity (Wildman–Crippen MR) is 85.3 cm³/mol. The highest BCUT2D eigenvalue weighted by molar-refractivity contribution is 8.00. The van der Waals surface area contributed by atoms with Crippen molar-refractivity contribution in [3.63, 3.8) is 0 Å². The fourth-order valence-corrected chi connectivity index (χ4v) is 3.94. The van der Waals surface area contributed by atoms with Gasteiger partial charge in [0.15, 0.2) is 0 Å². The smallest absolute Gasteiger partial charge is 0.234 e. The summed E-state index contributed by atoms with van der Waals surface area (Å²) in [5.74, 6) is 0.493. The lowest BCUT2D eigenvalue weighted by Gasteiger charge is -2.23. The van der Waals surface area contributed by atoms with Crippen molar-refractivity contribution in [3.8, 4) is 5.75 Å². The van der Waals surface area contributed by atoms with Crippen LogP contribution in [-0.2, 0) is 4.79 Å². The van der Waals surface area contributed by atoms with Crippen molar-refractivity contribution in [2.75, 3.05) is 11.1 Å². The molecule has 0 radical (unpaired) electrons. The number of amides is 1. The minimum Gasteiger partial charge on any atom is -0.508 e. The van der Waals surface area contributed by atoms with E-state index in [1.165, 1.54) is 25.7 Å². The summed E-state index contributed by atoms with van der Waals surface area (Å²) in [4.78, 5) is 11.9. The topological polar surface area (TPSA) is 73.4 Å². The number of anilines is 1. The van der Waals surface area contributed by atoms with Crippen molar-refractivity contribution in [3.05, 3.63) is 24.3 Å². The van der Waals surface area contributed by atoms with Gasteiger partial charge in [-0.3, -0.25) is 15.4 Å². The summed E-state index contributed by atoms with van der Waals surface area (Å²) in [5.41, 5.74) is 0.787. The Morgan fingerprint density at radius 2 is 2.00 bits per heavy atom. The zero-order valence-electron chi connectivity index (χ0n) is 11.8. The van der Waals surface area contributed by atoms with Gasteiger partial charge in [-0.05, 0) is 25.0 Å². The van der Waals surface area contributed by atoms with Gasteiger partial charge in [0.25, 0.3) is 0 Å². The molecule has 1 aliphatic carbocycles. The molecule has 1 saturated carbocycles. The zero-order chi connectivity index (χ0) is 14.7. The number of phenols is 1. The van der Waals surface area contributed by atoms with Crippen molar-refractivity contribution in [1.29, 1.82) is 0 Å². The number of hydrogen-bond donors (Lipinski definition) is 4. The molecule has 21 heavy (non-hydrogen) atoms. The van der Waals surface area contributed by atoms with Gasteiger partial charge in [-0.1, -0.05) is 18.9 Å². The average molecular weight is 307 g/mol. The molecule has 4 N–H and O–H groups in total. The second kappa shape index (κ2) is 6.68. The summed E-state index contributed by atoms with van der Waals surface area (Å²) in [6, 6.07) is 7.73. The van der Waals surface area contributed by atoms with Crippen LogP contribution in [0.25, 0.3) is 0 Å². The molecule has 2 fully saturated rings. The van der Waals surface area contributed by atoms with E-state index in [9.17, 15) is 9.90 Å². The predicted octanol–water partition coefficient (Wildman–Crippen LogP) is 1.85. The first-order valence-corrected chi connectivity index (χ1v) is 8.48. The fourth-order valence-electron chi connectivity index (χ4n) is 3.00. The van der Waals surface area contributed by atoms with Crippen LogP contribution in [0.5, 0.6) is 5.75 Å². The molecule has 114 valence electrons. The number of rotatable bonds is 4. The minimum absolute atomic E-state index is 0.0518. The fraction of sp³-hybridized carbons (Fsp3) is 0.533. The Morgan fingerprint density at radius 3 is 2.67 bits per heavy atom. The highest BCUT2D eigenvalue weighted by Gasteiger charge is 2.34. The Balaban J connectivity index is 1.44. The lowest BCUT2D eigenvalue weighted by atomic mass is 9.92. The number of benzene rings is 1. The first-order valence-electron chi connectivity index (χ1n) is 7.43. The van der Waals surface area contributed by atoms with Crippen LogP contribution in [0.1, 0.15) is 25.7 Å². The molecule has 1 aromatic rings. The summed E-state index contributed by atoms with van der Waals surface area (Å²) in [7, 11) is 0. The maximum Gasteiger partial charge on any atom is 0.234 e. The van der Waals surface area contributed by atoms with Crippen molar-refractivity contribution in [2.45, 2.75) is 43.3 Å². The average Bonchev–Trinajstić information content (AvgIpc) is 2.88. The summed E-state index contributed by atoms with van der Waals surface area (Å²) in [6.45, 7) is 0. The number of nitrogens with one attached hydrogen (secondary N) is 3. The summed E-state index contributed by atoms with van der Waals surface area (Å²) >= 11 is 1.58. The highest BCUT2D eigenvalue weighted by atomic mass is 32.2. The summed E-state index contributed by atoms with van der Waals surface area (Å²) < 4.78 is 0. The molecule has 6 heteroatoms. The Kier molecular flexibility index (Phi) is 4.67. The van der Waals surface area contributed by atoms with Crippen LogP contribution in [0.15, 0.2) is 24.3 Å². The van der Waals surface area contributed by atoms with Crippen molar-refractivity contribution < 1.29 is 9.90 Å². The minimum atomic E-state index is -0.0518. The van der Waals surface area contributed by atoms with Crippen LogP contribution in [-0.4, -0.2) is 34.3 Å². The Bertz CT molecular complexity index is 497. The van der Waals surface area contributed by atoms with E-state index in [4.69, 9.17) is 0 Å². The van der Waals surface area contributed by atoms with Crippen LogP contribution >= 0.6 is 11.8 Å². The van der Waals surface area contributed by atoms with Gasteiger partial charge < -0.3 is 10.4 Å². The van der Waals surface area contributed by atoms with Crippen LogP contribution in [0.4, 0.5) is 5.69 Å². The van der Waals surface area contributed by atoms with E-state index in [-0.39, 0.29) is 17.2 Å². The van der Waals surface area contributed by atoms with Gasteiger partial charge in [-0.2, -0.15) is 0 Å². The van der Waals surface area contributed by atoms with E-state index in [1.54, 1.807) is 36.0 Å². The van der Waals surface area contributed by atoms with E-state index in [1.807, 2.05) is 0 Å². The SMILES string of the molecule is O=C(CSC1NC2CCCCC2N1)Nc1cccc(O)c1. The Hall–Kier alpha value is -1.24. The maximum absolute atomic E-state index is 11.9.